The molecule has 0 aromatic carbocycles. The van der Waals surface area contributed by atoms with Crippen molar-refractivity contribution >= 4 is 0 Å². The highest BCUT2D eigenvalue weighted by Gasteiger charge is 2.42. The van der Waals surface area contributed by atoms with Crippen molar-refractivity contribution in [1.29, 1.82) is 0 Å². The molecule has 2 fully saturated rings. The summed E-state index contributed by atoms with van der Waals surface area (Å²) in [6, 6.07) is 0. The Labute approximate surface area is 99.6 Å². The number of nitrogens with two attached hydrogens (primary N) is 1. The molecule has 2 nitrogen and oxygen atoms in total. The van der Waals surface area contributed by atoms with Crippen LogP contribution in [0.15, 0.2) is 0 Å². The van der Waals surface area contributed by atoms with Gasteiger partial charge >= 0.3 is 0 Å². The third-order valence-corrected chi connectivity index (χ3v) is 5.13. The molecule has 0 amide bonds. The van der Waals surface area contributed by atoms with Gasteiger partial charge in [0.2, 0.25) is 0 Å². The lowest BCUT2D eigenvalue weighted by Crippen LogP contribution is -2.37. The predicted molar refractivity (Wildman–Crippen MR) is 67.0 cm³/mol. The standard InChI is InChI=1S/C14H27NO/c1-2-5-14(9-15,10-16)8-13-7-11-3-4-12(13)6-11/h11-13,16H,2-10,15H2,1H3. The molecule has 0 aromatic heterocycles. The molecular weight excluding hydrogens is 198 g/mol. The van der Waals surface area contributed by atoms with E-state index in [9.17, 15) is 5.11 Å². The summed E-state index contributed by atoms with van der Waals surface area (Å²) in [6.07, 6.45) is 9.18. The highest BCUT2D eigenvalue weighted by atomic mass is 16.3. The van der Waals surface area contributed by atoms with Gasteiger partial charge in [-0.1, -0.05) is 19.8 Å². The van der Waals surface area contributed by atoms with Gasteiger partial charge < -0.3 is 10.8 Å². The fourth-order valence-corrected chi connectivity index (χ4v) is 4.21. The van der Waals surface area contributed by atoms with E-state index in [0.29, 0.717) is 6.54 Å². The molecule has 0 aliphatic heterocycles. The van der Waals surface area contributed by atoms with Crippen LogP contribution in [0.4, 0.5) is 0 Å². The molecule has 0 heterocycles. The van der Waals surface area contributed by atoms with Gasteiger partial charge in [-0.2, -0.15) is 0 Å². The molecule has 16 heavy (non-hydrogen) atoms. The van der Waals surface area contributed by atoms with Gasteiger partial charge in [-0.3, -0.25) is 0 Å². The van der Waals surface area contributed by atoms with E-state index in [-0.39, 0.29) is 12.0 Å². The van der Waals surface area contributed by atoms with Gasteiger partial charge in [-0.25, -0.2) is 0 Å². The number of hydrogen-bond acceptors (Lipinski definition) is 2. The Hall–Kier alpha value is -0.0800. The van der Waals surface area contributed by atoms with Crippen LogP contribution >= 0.6 is 0 Å². The predicted octanol–water partition coefficient (Wildman–Crippen LogP) is 2.55. The van der Waals surface area contributed by atoms with Gasteiger partial charge in [-0.05, 0) is 49.9 Å². The van der Waals surface area contributed by atoms with Crippen molar-refractivity contribution in [3.63, 3.8) is 0 Å². The van der Waals surface area contributed by atoms with Gasteiger partial charge in [0.15, 0.2) is 0 Å². The molecule has 2 aliphatic rings. The average Bonchev–Trinajstić information content (AvgIpc) is 2.90. The molecule has 2 aliphatic carbocycles. The maximum absolute atomic E-state index is 9.66. The van der Waals surface area contributed by atoms with Gasteiger partial charge in [0, 0.05) is 18.6 Å². The molecule has 0 saturated heterocycles. The number of hydrogen-bond donors (Lipinski definition) is 2. The molecule has 2 rings (SSSR count). The summed E-state index contributed by atoms with van der Waals surface area (Å²) in [7, 11) is 0. The number of aliphatic hydroxyl groups is 1. The van der Waals surface area contributed by atoms with Crippen molar-refractivity contribution in [3.8, 4) is 0 Å². The van der Waals surface area contributed by atoms with Gasteiger partial charge in [0.05, 0.1) is 0 Å². The van der Waals surface area contributed by atoms with E-state index < -0.39 is 0 Å². The van der Waals surface area contributed by atoms with Crippen LogP contribution in [-0.2, 0) is 0 Å². The van der Waals surface area contributed by atoms with Crippen molar-refractivity contribution in [1.82, 2.24) is 0 Å². The van der Waals surface area contributed by atoms with Crippen LogP contribution in [0.5, 0.6) is 0 Å². The van der Waals surface area contributed by atoms with E-state index in [0.717, 1.165) is 30.6 Å². The summed E-state index contributed by atoms with van der Waals surface area (Å²) in [6.45, 7) is 3.14. The van der Waals surface area contributed by atoms with Crippen LogP contribution in [-0.4, -0.2) is 18.3 Å². The SMILES string of the molecule is CCCC(CN)(CO)CC1CC2CCC1C2. The Morgan fingerprint density at radius 2 is 2.12 bits per heavy atom. The van der Waals surface area contributed by atoms with Crippen molar-refractivity contribution in [2.24, 2.45) is 28.9 Å². The lowest BCUT2D eigenvalue weighted by molar-refractivity contribution is 0.0794. The van der Waals surface area contributed by atoms with E-state index in [1.165, 1.54) is 32.1 Å². The van der Waals surface area contributed by atoms with Crippen molar-refractivity contribution in [2.45, 2.75) is 51.9 Å². The van der Waals surface area contributed by atoms with Crippen molar-refractivity contribution < 1.29 is 5.11 Å². The maximum Gasteiger partial charge on any atom is 0.0499 e. The second kappa shape index (κ2) is 5.05. The fraction of sp³-hybridized carbons (Fsp3) is 1.00. The first-order valence-corrected chi connectivity index (χ1v) is 7.04. The molecule has 94 valence electrons. The zero-order valence-electron chi connectivity index (χ0n) is 10.6. The minimum Gasteiger partial charge on any atom is -0.396 e. The lowest BCUT2D eigenvalue weighted by Gasteiger charge is -2.35. The van der Waals surface area contributed by atoms with Gasteiger partial charge in [-0.15, -0.1) is 0 Å². The fourth-order valence-electron chi connectivity index (χ4n) is 4.21. The van der Waals surface area contributed by atoms with Gasteiger partial charge in [0.25, 0.3) is 0 Å². The summed E-state index contributed by atoms with van der Waals surface area (Å²) in [4.78, 5) is 0. The van der Waals surface area contributed by atoms with Crippen LogP contribution in [0, 0.1) is 23.2 Å². The number of aliphatic hydroxyl groups excluding tert-OH is 1. The second-order valence-corrected chi connectivity index (χ2v) is 6.25. The second-order valence-electron chi connectivity index (χ2n) is 6.25. The molecule has 2 bridgehead atoms. The Kier molecular flexibility index (Phi) is 3.91. The minimum absolute atomic E-state index is 0.0316. The largest absolute Gasteiger partial charge is 0.396 e. The summed E-state index contributed by atoms with van der Waals surface area (Å²) in [5.41, 5.74) is 5.95. The smallest absolute Gasteiger partial charge is 0.0499 e. The van der Waals surface area contributed by atoms with Crippen LogP contribution in [0.3, 0.4) is 0 Å². The Balaban J connectivity index is 1.95. The molecule has 2 heteroatoms. The molecule has 3 N–H and O–H groups in total. The monoisotopic (exact) mass is 225 g/mol. The first-order chi connectivity index (χ1) is 7.73. The molecule has 0 radical (unpaired) electrons. The number of fused-ring (bicyclic) bond motifs is 2. The quantitative estimate of drug-likeness (QED) is 0.730. The first kappa shape index (κ1) is 12.4. The van der Waals surface area contributed by atoms with Crippen LogP contribution in [0.2, 0.25) is 0 Å². The van der Waals surface area contributed by atoms with Crippen molar-refractivity contribution in [3.05, 3.63) is 0 Å². The van der Waals surface area contributed by atoms with Crippen molar-refractivity contribution in [2.75, 3.05) is 13.2 Å². The summed E-state index contributed by atoms with van der Waals surface area (Å²) in [5, 5.41) is 9.66. The topological polar surface area (TPSA) is 46.2 Å². The van der Waals surface area contributed by atoms with E-state index in [1.807, 2.05) is 0 Å². The zero-order valence-corrected chi connectivity index (χ0v) is 10.6. The minimum atomic E-state index is 0.0316. The Bertz CT molecular complexity index is 225. The van der Waals surface area contributed by atoms with Crippen LogP contribution < -0.4 is 5.73 Å². The lowest BCUT2D eigenvalue weighted by atomic mass is 9.72. The Morgan fingerprint density at radius 1 is 1.31 bits per heavy atom. The molecule has 4 atom stereocenters. The molecule has 4 unspecified atom stereocenters. The molecule has 0 aromatic rings. The third kappa shape index (κ3) is 2.28. The van der Waals surface area contributed by atoms with E-state index in [4.69, 9.17) is 5.73 Å². The molecular formula is C14H27NO. The average molecular weight is 225 g/mol. The maximum atomic E-state index is 9.66. The Morgan fingerprint density at radius 3 is 2.56 bits per heavy atom. The van der Waals surface area contributed by atoms with Crippen LogP contribution in [0.25, 0.3) is 0 Å². The zero-order chi connectivity index (χ0) is 11.6. The summed E-state index contributed by atoms with van der Waals surface area (Å²) < 4.78 is 0. The van der Waals surface area contributed by atoms with E-state index in [2.05, 4.69) is 6.92 Å². The van der Waals surface area contributed by atoms with E-state index in [1.54, 1.807) is 0 Å². The van der Waals surface area contributed by atoms with E-state index >= 15 is 0 Å². The summed E-state index contributed by atoms with van der Waals surface area (Å²) in [5.74, 6) is 2.83. The third-order valence-electron chi connectivity index (χ3n) is 5.13. The number of rotatable bonds is 6. The summed E-state index contributed by atoms with van der Waals surface area (Å²) >= 11 is 0. The first-order valence-electron chi connectivity index (χ1n) is 7.04. The molecule has 0 spiro atoms. The van der Waals surface area contributed by atoms with Gasteiger partial charge in [0.1, 0.15) is 0 Å². The highest BCUT2D eigenvalue weighted by molar-refractivity contribution is 4.94. The highest BCUT2D eigenvalue weighted by Crippen LogP contribution is 2.52. The van der Waals surface area contributed by atoms with Crippen LogP contribution in [0.1, 0.15) is 51.9 Å². The normalized spacial score (nSPS) is 36.6. The molecule has 2 saturated carbocycles.